The Hall–Kier alpha value is -1.10. The zero-order valence-electron chi connectivity index (χ0n) is 12.3. The molecule has 0 bridgehead atoms. The fourth-order valence-corrected chi connectivity index (χ4v) is 3.44. The Bertz CT molecular complexity index is 404. The molecule has 2 aliphatic rings. The van der Waals surface area contributed by atoms with Gasteiger partial charge in [0.05, 0.1) is 0 Å². The molecule has 1 saturated heterocycles. The highest BCUT2D eigenvalue weighted by atomic mass is 16.5. The molecule has 112 valence electrons. The van der Waals surface area contributed by atoms with E-state index in [0.29, 0.717) is 11.8 Å². The standard InChI is InChI=1S/C15H26N4O/c16-11-12-5-7-13(8-6-12)14-17-15(18-20-14)19-9-3-1-2-4-10-19/h12-13H,1-11,16H2. The van der Waals surface area contributed by atoms with Crippen LogP contribution in [0.5, 0.6) is 0 Å². The maximum Gasteiger partial charge on any atom is 0.266 e. The van der Waals surface area contributed by atoms with Gasteiger partial charge in [0.2, 0.25) is 5.89 Å². The summed E-state index contributed by atoms with van der Waals surface area (Å²) < 4.78 is 5.53. The molecule has 2 fully saturated rings. The van der Waals surface area contributed by atoms with Gasteiger partial charge in [-0.1, -0.05) is 12.8 Å². The van der Waals surface area contributed by atoms with E-state index in [1.165, 1.54) is 38.5 Å². The monoisotopic (exact) mass is 278 g/mol. The van der Waals surface area contributed by atoms with Gasteiger partial charge in [0, 0.05) is 19.0 Å². The Morgan fingerprint density at radius 3 is 2.40 bits per heavy atom. The maximum absolute atomic E-state index is 5.75. The summed E-state index contributed by atoms with van der Waals surface area (Å²) in [6, 6.07) is 0. The number of nitrogens with two attached hydrogens (primary N) is 1. The van der Waals surface area contributed by atoms with Crippen molar-refractivity contribution in [3.8, 4) is 0 Å². The average Bonchev–Trinajstić information content (AvgIpc) is 2.83. The van der Waals surface area contributed by atoms with Crippen LogP contribution < -0.4 is 10.6 Å². The summed E-state index contributed by atoms with van der Waals surface area (Å²) in [6.45, 7) is 2.95. The van der Waals surface area contributed by atoms with Crippen LogP contribution in [0.1, 0.15) is 63.2 Å². The van der Waals surface area contributed by atoms with E-state index in [-0.39, 0.29) is 0 Å². The summed E-state index contributed by atoms with van der Waals surface area (Å²) in [5.41, 5.74) is 5.75. The molecular formula is C15H26N4O. The van der Waals surface area contributed by atoms with Crippen molar-refractivity contribution in [2.75, 3.05) is 24.5 Å². The highest BCUT2D eigenvalue weighted by Crippen LogP contribution is 2.35. The van der Waals surface area contributed by atoms with Crippen molar-refractivity contribution in [2.45, 2.75) is 57.3 Å². The fraction of sp³-hybridized carbons (Fsp3) is 0.867. The third-order valence-corrected chi connectivity index (χ3v) is 4.85. The lowest BCUT2D eigenvalue weighted by Gasteiger charge is -2.25. The molecule has 2 heterocycles. The van der Waals surface area contributed by atoms with Gasteiger partial charge in [-0.3, -0.25) is 0 Å². The van der Waals surface area contributed by atoms with Gasteiger partial charge in [0.15, 0.2) is 0 Å². The second-order valence-electron chi connectivity index (χ2n) is 6.29. The minimum atomic E-state index is 0.450. The van der Waals surface area contributed by atoms with Crippen LogP contribution in [-0.4, -0.2) is 29.8 Å². The molecule has 1 saturated carbocycles. The molecule has 2 N–H and O–H groups in total. The summed E-state index contributed by atoms with van der Waals surface area (Å²) in [4.78, 5) is 6.95. The van der Waals surface area contributed by atoms with Crippen LogP contribution in [0.15, 0.2) is 4.52 Å². The summed E-state index contributed by atoms with van der Waals surface area (Å²) in [5.74, 6) is 2.80. The van der Waals surface area contributed by atoms with Gasteiger partial charge in [-0.15, -0.1) is 0 Å². The van der Waals surface area contributed by atoms with Gasteiger partial charge < -0.3 is 15.2 Å². The van der Waals surface area contributed by atoms with Crippen LogP contribution in [0.2, 0.25) is 0 Å². The van der Waals surface area contributed by atoms with Crippen molar-refractivity contribution in [3.63, 3.8) is 0 Å². The Morgan fingerprint density at radius 2 is 1.75 bits per heavy atom. The SMILES string of the molecule is NCC1CCC(c2nc(N3CCCCCC3)no2)CC1. The summed E-state index contributed by atoms with van der Waals surface area (Å²) in [5, 5.41) is 4.21. The largest absolute Gasteiger partial charge is 0.338 e. The van der Waals surface area contributed by atoms with Gasteiger partial charge in [0.1, 0.15) is 0 Å². The van der Waals surface area contributed by atoms with E-state index in [1.54, 1.807) is 0 Å². The normalized spacial score (nSPS) is 28.4. The molecule has 0 radical (unpaired) electrons. The summed E-state index contributed by atoms with van der Waals surface area (Å²) in [6.07, 6.45) is 9.81. The summed E-state index contributed by atoms with van der Waals surface area (Å²) in [7, 11) is 0. The van der Waals surface area contributed by atoms with Crippen molar-refractivity contribution >= 4 is 5.95 Å². The molecule has 1 aliphatic carbocycles. The van der Waals surface area contributed by atoms with Gasteiger partial charge >= 0.3 is 0 Å². The van der Waals surface area contributed by atoms with Crippen LogP contribution >= 0.6 is 0 Å². The first-order valence-corrected chi connectivity index (χ1v) is 8.15. The van der Waals surface area contributed by atoms with E-state index >= 15 is 0 Å². The zero-order chi connectivity index (χ0) is 13.8. The molecule has 5 heteroatoms. The first kappa shape index (κ1) is 13.9. The molecule has 0 aromatic carbocycles. The fourth-order valence-electron chi connectivity index (χ4n) is 3.44. The molecule has 0 unspecified atom stereocenters. The maximum atomic E-state index is 5.75. The first-order valence-electron chi connectivity index (χ1n) is 8.15. The molecule has 5 nitrogen and oxygen atoms in total. The van der Waals surface area contributed by atoms with E-state index in [4.69, 9.17) is 10.3 Å². The first-order chi connectivity index (χ1) is 9.86. The second kappa shape index (κ2) is 6.57. The van der Waals surface area contributed by atoms with Gasteiger partial charge in [-0.25, -0.2) is 0 Å². The number of hydrogen-bond donors (Lipinski definition) is 1. The van der Waals surface area contributed by atoms with E-state index in [1.807, 2.05) is 0 Å². The van der Waals surface area contributed by atoms with Crippen LogP contribution in [0.25, 0.3) is 0 Å². The molecule has 0 atom stereocenters. The minimum Gasteiger partial charge on any atom is -0.338 e. The molecule has 1 aromatic heterocycles. The molecule has 0 amide bonds. The van der Waals surface area contributed by atoms with Gasteiger partial charge in [-0.2, -0.15) is 4.98 Å². The van der Waals surface area contributed by atoms with Crippen LogP contribution in [0.4, 0.5) is 5.95 Å². The Balaban J connectivity index is 1.61. The smallest absolute Gasteiger partial charge is 0.266 e. The van der Waals surface area contributed by atoms with Gasteiger partial charge in [0.25, 0.3) is 5.95 Å². The molecular weight excluding hydrogens is 252 g/mol. The second-order valence-corrected chi connectivity index (χ2v) is 6.29. The molecule has 1 aliphatic heterocycles. The van der Waals surface area contributed by atoms with Crippen LogP contribution in [-0.2, 0) is 0 Å². The van der Waals surface area contributed by atoms with E-state index in [2.05, 4.69) is 15.0 Å². The van der Waals surface area contributed by atoms with Crippen molar-refractivity contribution in [2.24, 2.45) is 11.7 Å². The quantitative estimate of drug-likeness (QED) is 0.920. The molecule has 20 heavy (non-hydrogen) atoms. The highest BCUT2D eigenvalue weighted by Gasteiger charge is 2.26. The topological polar surface area (TPSA) is 68.2 Å². The average molecular weight is 278 g/mol. The lowest BCUT2D eigenvalue weighted by atomic mass is 9.82. The lowest BCUT2D eigenvalue weighted by Crippen LogP contribution is -2.25. The van der Waals surface area contributed by atoms with Crippen molar-refractivity contribution in [1.82, 2.24) is 10.1 Å². The van der Waals surface area contributed by atoms with Crippen LogP contribution in [0.3, 0.4) is 0 Å². The number of nitrogens with zero attached hydrogens (tertiary/aromatic N) is 3. The van der Waals surface area contributed by atoms with Crippen molar-refractivity contribution in [1.29, 1.82) is 0 Å². The number of anilines is 1. The third-order valence-electron chi connectivity index (χ3n) is 4.85. The van der Waals surface area contributed by atoms with E-state index < -0.39 is 0 Å². The number of hydrogen-bond acceptors (Lipinski definition) is 5. The molecule has 3 rings (SSSR count). The van der Waals surface area contributed by atoms with E-state index in [0.717, 1.165) is 44.3 Å². The zero-order valence-corrected chi connectivity index (χ0v) is 12.3. The highest BCUT2D eigenvalue weighted by molar-refractivity contribution is 5.28. The molecule has 1 aromatic rings. The Kier molecular flexibility index (Phi) is 4.55. The Labute approximate surface area is 120 Å². The molecule has 0 spiro atoms. The van der Waals surface area contributed by atoms with E-state index in [9.17, 15) is 0 Å². The number of rotatable bonds is 3. The lowest BCUT2D eigenvalue weighted by molar-refractivity contribution is 0.274. The predicted octanol–water partition coefficient (Wildman–Crippen LogP) is 2.68. The Morgan fingerprint density at radius 1 is 1.05 bits per heavy atom. The van der Waals surface area contributed by atoms with Crippen molar-refractivity contribution < 1.29 is 4.52 Å². The van der Waals surface area contributed by atoms with Crippen LogP contribution in [0, 0.1) is 5.92 Å². The third kappa shape index (κ3) is 3.14. The minimum absolute atomic E-state index is 0.450. The van der Waals surface area contributed by atoms with Gasteiger partial charge in [-0.05, 0) is 56.1 Å². The predicted molar refractivity (Wildman–Crippen MR) is 78.7 cm³/mol. The summed E-state index contributed by atoms with van der Waals surface area (Å²) >= 11 is 0. The van der Waals surface area contributed by atoms with Crippen molar-refractivity contribution in [3.05, 3.63) is 5.89 Å². The number of aromatic nitrogens is 2.